The van der Waals surface area contributed by atoms with Crippen LogP contribution in [-0.2, 0) is 28.5 Å². The number of allylic oxidation sites excluding steroid dienone is 2. The molecule has 1 amide bonds. The van der Waals surface area contributed by atoms with Crippen molar-refractivity contribution in [2.75, 3.05) is 79.2 Å². The molecular formula is C30H59NO7. The highest BCUT2D eigenvalue weighted by atomic mass is 16.6. The van der Waals surface area contributed by atoms with E-state index < -0.39 is 0 Å². The average molecular weight is 546 g/mol. The Morgan fingerprint density at radius 2 is 1.00 bits per heavy atom. The molecule has 0 saturated heterocycles. The second kappa shape index (κ2) is 34.0. The van der Waals surface area contributed by atoms with Crippen LogP contribution < -0.4 is 5.32 Å². The number of rotatable bonds is 32. The predicted octanol–water partition coefficient (Wildman–Crippen LogP) is 5.22. The zero-order chi connectivity index (χ0) is 27.6. The monoisotopic (exact) mass is 545 g/mol. The van der Waals surface area contributed by atoms with Crippen LogP contribution >= 0.6 is 0 Å². The number of carbonyl (C=O) groups excluding carboxylic acids is 1. The Hall–Kier alpha value is -1.03. The molecule has 226 valence electrons. The van der Waals surface area contributed by atoms with Crippen molar-refractivity contribution >= 4 is 5.91 Å². The lowest BCUT2D eigenvalue weighted by atomic mass is 10.1. The van der Waals surface area contributed by atoms with Crippen molar-refractivity contribution in [3.63, 3.8) is 0 Å². The summed E-state index contributed by atoms with van der Waals surface area (Å²) in [5.41, 5.74) is 0. The quantitative estimate of drug-likeness (QED) is 0.0884. The number of hydrogen-bond donors (Lipinski definition) is 2. The number of ether oxygens (including phenoxy) is 5. The van der Waals surface area contributed by atoms with E-state index in [-0.39, 0.29) is 12.5 Å². The Morgan fingerprint density at radius 3 is 1.50 bits per heavy atom. The summed E-state index contributed by atoms with van der Waals surface area (Å²) in [6.45, 7) is 7.69. The lowest BCUT2D eigenvalue weighted by molar-refractivity contribution is -0.121. The van der Waals surface area contributed by atoms with Gasteiger partial charge >= 0.3 is 0 Å². The fourth-order valence-electron chi connectivity index (χ4n) is 3.75. The van der Waals surface area contributed by atoms with Gasteiger partial charge in [0.2, 0.25) is 5.91 Å². The maximum atomic E-state index is 11.9. The second-order valence-corrected chi connectivity index (χ2v) is 9.47. The highest BCUT2D eigenvalue weighted by Gasteiger charge is 2.00. The SMILES string of the molecule is CCCCCCCCC=CCCCCCCCC(=O)NCCOCCOCCOCCOCCOCCO. The summed E-state index contributed by atoms with van der Waals surface area (Å²) in [5.74, 6) is 0.112. The first kappa shape index (κ1) is 37.0. The van der Waals surface area contributed by atoms with E-state index in [0.29, 0.717) is 79.0 Å². The largest absolute Gasteiger partial charge is 0.394 e. The van der Waals surface area contributed by atoms with Crippen LogP contribution in [0.3, 0.4) is 0 Å². The van der Waals surface area contributed by atoms with Crippen molar-refractivity contribution in [2.24, 2.45) is 0 Å². The first-order valence-electron chi connectivity index (χ1n) is 15.2. The van der Waals surface area contributed by atoms with Gasteiger partial charge in [-0.3, -0.25) is 4.79 Å². The van der Waals surface area contributed by atoms with Gasteiger partial charge in [-0.05, 0) is 32.1 Å². The van der Waals surface area contributed by atoms with Crippen molar-refractivity contribution in [3.8, 4) is 0 Å². The van der Waals surface area contributed by atoms with Gasteiger partial charge in [0.1, 0.15) is 0 Å². The van der Waals surface area contributed by atoms with E-state index in [1.807, 2.05) is 0 Å². The molecule has 0 aromatic carbocycles. The number of amides is 1. The Balaban J connectivity index is 3.18. The van der Waals surface area contributed by atoms with Crippen molar-refractivity contribution in [3.05, 3.63) is 12.2 Å². The van der Waals surface area contributed by atoms with Crippen molar-refractivity contribution in [2.45, 2.75) is 96.8 Å². The average Bonchev–Trinajstić information content (AvgIpc) is 2.92. The molecule has 2 N–H and O–H groups in total. The van der Waals surface area contributed by atoms with Crippen LogP contribution in [0.1, 0.15) is 96.8 Å². The van der Waals surface area contributed by atoms with E-state index in [9.17, 15) is 4.79 Å². The third-order valence-corrected chi connectivity index (χ3v) is 5.96. The van der Waals surface area contributed by atoms with Gasteiger partial charge < -0.3 is 34.1 Å². The van der Waals surface area contributed by atoms with E-state index in [2.05, 4.69) is 24.4 Å². The van der Waals surface area contributed by atoms with Crippen LogP contribution in [0, 0.1) is 0 Å². The number of aliphatic hydroxyl groups is 1. The Labute approximate surface area is 233 Å². The van der Waals surface area contributed by atoms with E-state index in [0.717, 1.165) is 12.8 Å². The molecule has 0 aliphatic heterocycles. The summed E-state index contributed by atoms with van der Waals surface area (Å²) >= 11 is 0. The molecule has 0 aliphatic rings. The molecule has 0 aliphatic carbocycles. The van der Waals surface area contributed by atoms with E-state index in [1.165, 1.54) is 70.6 Å². The third-order valence-electron chi connectivity index (χ3n) is 5.96. The highest BCUT2D eigenvalue weighted by molar-refractivity contribution is 5.75. The first-order chi connectivity index (χ1) is 18.8. The molecule has 38 heavy (non-hydrogen) atoms. The summed E-state index contributed by atoms with van der Waals surface area (Å²) in [5, 5.41) is 11.5. The summed E-state index contributed by atoms with van der Waals surface area (Å²) in [6, 6.07) is 0. The van der Waals surface area contributed by atoms with Crippen LogP contribution in [0.2, 0.25) is 0 Å². The molecule has 0 atom stereocenters. The minimum atomic E-state index is 0.0307. The van der Waals surface area contributed by atoms with Gasteiger partial charge in [0, 0.05) is 13.0 Å². The minimum absolute atomic E-state index is 0.0307. The van der Waals surface area contributed by atoms with Gasteiger partial charge in [0.15, 0.2) is 0 Å². The van der Waals surface area contributed by atoms with Crippen LogP contribution in [-0.4, -0.2) is 90.2 Å². The van der Waals surface area contributed by atoms with Gasteiger partial charge in [-0.2, -0.15) is 0 Å². The topological polar surface area (TPSA) is 95.5 Å². The van der Waals surface area contributed by atoms with Gasteiger partial charge in [0.25, 0.3) is 0 Å². The third kappa shape index (κ3) is 33.0. The van der Waals surface area contributed by atoms with Crippen LogP contribution in [0.15, 0.2) is 12.2 Å². The summed E-state index contributed by atoms with van der Waals surface area (Å²) in [4.78, 5) is 11.9. The number of unbranched alkanes of at least 4 members (excludes halogenated alkanes) is 11. The van der Waals surface area contributed by atoms with Crippen LogP contribution in [0.25, 0.3) is 0 Å². The van der Waals surface area contributed by atoms with Crippen LogP contribution in [0.4, 0.5) is 0 Å². The number of carbonyl (C=O) groups is 1. The van der Waals surface area contributed by atoms with E-state index in [1.54, 1.807) is 0 Å². The molecule has 0 fully saturated rings. The maximum Gasteiger partial charge on any atom is 0.220 e. The van der Waals surface area contributed by atoms with Crippen molar-refractivity contribution < 1.29 is 33.6 Å². The Kier molecular flexibility index (Phi) is 33.1. The molecule has 8 nitrogen and oxygen atoms in total. The lowest BCUT2D eigenvalue weighted by Gasteiger charge is -2.08. The zero-order valence-corrected chi connectivity index (χ0v) is 24.4. The van der Waals surface area contributed by atoms with Gasteiger partial charge in [0.05, 0.1) is 72.7 Å². The fourth-order valence-corrected chi connectivity index (χ4v) is 3.75. The van der Waals surface area contributed by atoms with Gasteiger partial charge in [-0.15, -0.1) is 0 Å². The Morgan fingerprint density at radius 1 is 0.579 bits per heavy atom. The number of aliphatic hydroxyl groups excluding tert-OH is 1. The second-order valence-electron chi connectivity index (χ2n) is 9.47. The summed E-state index contributed by atoms with van der Waals surface area (Å²) in [7, 11) is 0. The standard InChI is InChI=1S/C30H59NO7/c1-2-3-4-5-6-7-8-9-10-11-12-13-14-15-16-17-30(33)31-18-20-34-22-24-36-26-28-38-29-27-37-25-23-35-21-19-32/h9-10,32H,2-8,11-29H2,1H3,(H,31,33). The highest BCUT2D eigenvalue weighted by Crippen LogP contribution is 2.10. The molecule has 0 radical (unpaired) electrons. The fraction of sp³-hybridized carbons (Fsp3) is 0.900. The van der Waals surface area contributed by atoms with Gasteiger partial charge in [-0.1, -0.05) is 70.4 Å². The molecule has 0 aromatic rings. The molecular weight excluding hydrogens is 486 g/mol. The smallest absolute Gasteiger partial charge is 0.220 e. The first-order valence-corrected chi connectivity index (χ1v) is 15.2. The van der Waals surface area contributed by atoms with E-state index >= 15 is 0 Å². The zero-order valence-electron chi connectivity index (χ0n) is 24.4. The lowest BCUT2D eigenvalue weighted by Crippen LogP contribution is -2.27. The molecule has 0 saturated carbocycles. The molecule has 0 aromatic heterocycles. The minimum Gasteiger partial charge on any atom is -0.394 e. The molecule has 0 heterocycles. The molecule has 8 heteroatoms. The molecule has 0 bridgehead atoms. The summed E-state index contributed by atoms with van der Waals surface area (Å²) in [6.07, 6.45) is 21.7. The number of nitrogens with one attached hydrogen (secondary N) is 1. The molecule has 0 unspecified atom stereocenters. The number of hydrogen-bond acceptors (Lipinski definition) is 7. The molecule has 0 spiro atoms. The molecule has 0 rings (SSSR count). The summed E-state index contributed by atoms with van der Waals surface area (Å²) < 4.78 is 26.7. The predicted molar refractivity (Wildman–Crippen MR) is 154 cm³/mol. The van der Waals surface area contributed by atoms with Crippen molar-refractivity contribution in [1.29, 1.82) is 0 Å². The van der Waals surface area contributed by atoms with Gasteiger partial charge in [-0.25, -0.2) is 0 Å². The van der Waals surface area contributed by atoms with Crippen LogP contribution in [0.5, 0.6) is 0 Å². The maximum absolute atomic E-state index is 11.9. The normalized spacial score (nSPS) is 11.5. The Bertz CT molecular complexity index is 491. The van der Waals surface area contributed by atoms with Crippen molar-refractivity contribution in [1.82, 2.24) is 5.32 Å². The van der Waals surface area contributed by atoms with E-state index in [4.69, 9.17) is 28.8 Å².